The zero-order valence-electron chi connectivity index (χ0n) is 11.2. The van der Waals surface area contributed by atoms with Crippen LogP contribution in [0.4, 0.5) is 5.69 Å². The average molecular weight is 338 g/mol. The maximum atomic E-state index is 5.93. The first-order chi connectivity index (χ1) is 9.69. The number of halogens is 1. The Morgan fingerprint density at radius 2 is 2.25 bits per heavy atom. The molecule has 1 aromatic carbocycles. The van der Waals surface area contributed by atoms with Crippen LogP contribution < -0.4 is 5.73 Å². The minimum absolute atomic E-state index is 0.287. The minimum atomic E-state index is 0.287. The fraction of sp³-hybridized carbons (Fsp3) is 0.462. The van der Waals surface area contributed by atoms with Crippen LogP contribution in [0, 0.1) is 0 Å². The summed E-state index contributed by atoms with van der Waals surface area (Å²) in [5.74, 6) is 0.756. The molecule has 1 saturated carbocycles. The quantitative estimate of drug-likeness (QED) is 0.870. The molecule has 106 valence electrons. The van der Waals surface area contributed by atoms with Gasteiger partial charge in [0.1, 0.15) is 0 Å². The maximum Gasteiger partial charge on any atom is 0.182 e. The van der Waals surface area contributed by atoms with Crippen molar-refractivity contribution in [3.8, 4) is 11.4 Å². The molecule has 2 aromatic rings. The van der Waals surface area contributed by atoms with Gasteiger partial charge in [-0.1, -0.05) is 0 Å². The number of nitrogens with zero attached hydrogens (tertiary/aromatic N) is 4. The number of rotatable bonds is 3. The Morgan fingerprint density at radius 1 is 1.40 bits per heavy atom. The van der Waals surface area contributed by atoms with Crippen molar-refractivity contribution < 1.29 is 4.74 Å². The third kappa shape index (κ3) is 2.43. The molecular weight excluding hydrogens is 322 g/mol. The van der Waals surface area contributed by atoms with E-state index in [1.807, 2.05) is 22.9 Å². The van der Waals surface area contributed by atoms with E-state index >= 15 is 0 Å². The summed E-state index contributed by atoms with van der Waals surface area (Å²) in [4.78, 5) is 0. The number of ether oxygens (including phenoxy) is 1. The van der Waals surface area contributed by atoms with Crippen molar-refractivity contribution >= 4 is 21.6 Å². The van der Waals surface area contributed by atoms with Crippen LogP contribution in [-0.2, 0) is 4.74 Å². The minimum Gasteiger partial charge on any atom is -0.398 e. The van der Waals surface area contributed by atoms with Crippen LogP contribution in [0.1, 0.15) is 25.3 Å². The van der Waals surface area contributed by atoms with Gasteiger partial charge >= 0.3 is 0 Å². The summed E-state index contributed by atoms with van der Waals surface area (Å²) in [7, 11) is 1.75. The van der Waals surface area contributed by atoms with Crippen molar-refractivity contribution in [1.82, 2.24) is 20.2 Å². The lowest BCUT2D eigenvalue weighted by Crippen LogP contribution is -2.11. The highest BCUT2D eigenvalue weighted by molar-refractivity contribution is 9.10. The SMILES string of the molecule is COC1CCC(n2nnnc2-c2ccc(Br)c(N)c2)C1. The first-order valence-corrected chi connectivity index (χ1v) is 7.34. The Labute approximate surface area is 125 Å². The summed E-state index contributed by atoms with van der Waals surface area (Å²) in [6.45, 7) is 0. The fourth-order valence-corrected chi connectivity index (χ4v) is 2.91. The Bertz CT molecular complexity index is 615. The Morgan fingerprint density at radius 3 is 2.95 bits per heavy atom. The second kappa shape index (κ2) is 5.49. The van der Waals surface area contributed by atoms with E-state index in [1.54, 1.807) is 7.11 Å². The summed E-state index contributed by atoms with van der Waals surface area (Å²) in [5, 5.41) is 12.1. The maximum absolute atomic E-state index is 5.93. The van der Waals surface area contributed by atoms with Crippen LogP contribution in [-0.4, -0.2) is 33.4 Å². The zero-order valence-corrected chi connectivity index (χ0v) is 12.7. The van der Waals surface area contributed by atoms with Gasteiger partial charge < -0.3 is 10.5 Å². The number of nitrogens with two attached hydrogens (primary N) is 1. The smallest absolute Gasteiger partial charge is 0.182 e. The van der Waals surface area contributed by atoms with Gasteiger partial charge in [-0.05, 0) is 63.8 Å². The van der Waals surface area contributed by atoms with E-state index in [0.717, 1.165) is 35.1 Å². The molecule has 1 aromatic heterocycles. The molecule has 1 fully saturated rings. The largest absolute Gasteiger partial charge is 0.398 e. The number of nitrogen functional groups attached to an aromatic ring is 1. The predicted octanol–water partition coefficient (Wildman–Crippen LogP) is 2.42. The van der Waals surface area contributed by atoms with Crippen LogP contribution in [0.5, 0.6) is 0 Å². The van der Waals surface area contributed by atoms with Gasteiger partial charge in [-0.25, -0.2) is 4.68 Å². The van der Waals surface area contributed by atoms with Crippen molar-refractivity contribution in [3.05, 3.63) is 22.7 Å². The number of methoxy groups -OCH3 is 1. The van der Waals surface area contributed by atoms with Crippen LogP contribution in [0.25, 0.3) is 11.4 Å². The van der Waals surface area contributed by atoms with E-state index in [9.17, 15) is 0 Å². The fourth-order valence-electron chi connectivity index (χ4n) is 2.67. The lowest BCUT2D eigenvalue weighted by Gasteiger charge is -2.13. The molecule has 1 heterocycles. The number of aromatic nitrogens is 4. The summed E-state index contributed by atoms with van der Waals surface area (Å²) in [6.07, 6.45) is 3.32. The normalized spacial score (nSPS) is 22.3. The molecule has 6 nitrogen and oxygen atoms in total. The molecule has 7 heteroatoms. The Kier molecular flexibility index (Phi) is 3.71. The van der Waals surface area contributed by atoms with Gasteiger partial charge in [0, 0.05) is 22.8 Å². The first-order valence-electron chi connectivity index (χ1n) is 6.55. The van der Waals surface area contributed by atoms with Gasteiger partial charge in [0.05, 0.1) is 12.1 Å². The molecule has 2 N–H and O–H groups in total. The standard InChI is InChI=1S/C13H16BrN5O/c1-20-10-4-3-9(7-10)19-13(16-17-18-19)8-2-5-11(14)12(15)6-8/h2,5-6,9-10H,3-4,7,15H2,1H3. The second-order valence-corrected chi connectivity index (χ2v) is 5.86. The molecule has 1 aliphatic carbocycles. The van der Waals surface area contributed by atoms with E-state index in [4.69, 9.17) is 10.5 Å². The Hall–Kier alpha value is -1.47. The topological polar surface area (TPSA) is 78.8 Å². The van der Waals surface area contributed by atoms with Gasteiger partial charge in [0.25, 0.3) is 0 Å². The lowest BCUT2D eigenvalue weighted by molar-refractivity contribution is 0.105. The first kappa shape index (κ1) is 13.5. The molecule has 20 heavy (non-hydrogen) atoms. The van der Waals surface area contributed by atoms with Crippen molar-refractivity contribution in [3.63, 3.8) is 0 Å². The van der Waals surface area contributed by atoms with E-state index in [2.05, 4.69) is 31.5 Å². The predicted molar refractivity (Wildman–Crippen MR) is 79.1 cm³/mol. The van der Waals surface area contributed by atoms with Crippen molar-refractivity contribution in [2.45, 2.75) is 31.4 Å². The average Bonchev–Trinajstić information content (AvgIpc) is 3.09. The third-order valence-electron chi connectivity index (χ3n) is 3.78. The van der Waals surface area contributed by atoms with Crippen LogP contribution in [0.15, 0.2) is 22.7 Å². The summed E-state index contributed by atoms with van der Waals surface area (Å²) in [6, 6.07) is 6.05. The molecule has 2 unspecified atom stereocenters. The van der Waals surface area contributed by atoms with Crippen molar-refractivity contribution in [2.75, 3.05) is 12.8 Å². The number of hydrogen-bond acceptors (Lipinski definition) is 5. The molecule has 0 bridgehead atoms. The third-order valence-corrected chi connectivity index (χ3v) is 4.51. The van der Waals surface area contributed by atoms with Gasteiger partial charge in [0.15, 0.2) is 5.82 Å². The van der Waals surface area contributed by atoms with Gasteiger partial charge in [-0.15, -0.1) is 5.10 Å². The zero-order chi connectivity index (χ0) is 14.1. The highest BCUT2D eigenvalue weighted by Gasteiger charge is 2.28. The molecule has 1 aliphatic rings. The molecular formula is C13H16BrN5O. The highest BCUT2D eigenvalue weighted by Crippen LogP contribution is 2.34. The van der Waals surface area contributed by atoms with Gasteiger partial charge in [-0.3, -0.25) is 0 Å². The molecule has 0 saturated heterocycles. The summed E-state index contributed by atoms with van der Waals surface area (Å²) >= 11 is 3.39. The summed E-state index contributed by atoms with van der Waals surface area (Å²) in [5.41, 5.74) is 7.54. The molecule has 0 aliphatic heterocycles. The van der Waals surface area contributed by atoms with Crippen LogP contribution in [0.2, 0.25) is 0 Å². The number of hydrogen-bond donors (Lipinski definition) is 1. The van der Waals surface area contributed by atoms with E-state index < -0.39 is 0 Å². The Balaban J connectivity index is 1.92. The summed E-state index contributed by atoms with van der Waals surface area (Å²) < 4.78 is 8.18. The van der Waals surface area contributed by atoms with Crippen molar-refractivity contribution in [1.29, 1.82) is 0 Å². The van der Waals surface area contributed by atoms with Crippen LogP contribution in [0.3, 0.4) is 0 Å². The molecule has 2 atom stereocenters. The van der Waals surface area contributed by atoms with Gasteiger partial charge in [0.2, 0.25) is 0 Å². The van der Waals surface area contributed by atoms with Crippen molar-refractivity contribution in [2.24, 2.45) is 0 Å². The number of tetrazole rings is 1. The second-order valence-electron chi connectivity index (χ2n) is 5.01. The number of benzene rings is 1. The monoisotopic (exact) mass is 337 g/mol. The van der Waals surface area contributed by atoms with E-state index in [-0.39, 0.29) is 6.04 Å². The highest BCUT2D eigenvalue weighted by atomic mass is 79.9. The number of anilines is 1. The van der Waals surface area contributed by atoms with E-state index in [0.29, 0.717) is 11.8 Å². The molecule has 0 amide bonds. The molecule has 0 radical (unpaired) electrons. The molecule has 3 rings (SSSR count). The van der Waals surface area contributed by atoms with Gasteiger partial charge in [-0.2, -0.15) is 0 Å². The molecule has 0 spiro atoms. The van der Waals surface area contributed by atoms with Crippen LogP contribution >= 0.6 is 15.9 Å². The lowest BCUT2D eigenvalue weighted by atomic mass is 10.1. The van der Waals surface area contributed by atoms with E-state index in [1.165, 1.54) is 0 Å².